The smallest absolute Gasteiger partial charge is 0.312 e. The van der Waals surface area contributed by atoms with Crippen molar-refractivity contribution in [3.63, 3.8) is 0 Å². The van der Waals surface area contributed by atoms with Gasteiger partial charge in [-0.15, -0.1) is 0 Å². The van der Waals surface area contributed by atoms with Gasteiger partial charge in [0.2, 0.25) is 0 Å². The summed E-state index contributed by atoms with van der Waals surface area (Å²) >= 11 is 6.56. The molecule has 2 aliphatic carbocycles. The molecule has 0 aliphatic heterocycles. The Labute approximate surface area is 285 Å². The first-order chi connectivity index (χ1) is 23.0. The van der Waals surface area contributed by atoms with E-state index in [1.165, 1.54) is 0 Å². The number of aliphatic hydroxyl groups is 5. The molecular weight excluding hydrogens is 636 g/mol. The number of primary amides is 1. The number of urea groups is 1. The average molecular weight is 681 g/mol. The van der Waals surface area contributed by atoms with E-state index in [0.717, 1.165) is 59.3 Å². The van der Waals surface area contributed by atoms with Gasteiger partial charge in [-0.05, 0) is 72.9 Å². The Bertz CT molecular complexity index is 1580. The van der Waals surface area contributed by atoms with Crippen LogP contribution in [-0.4, -0.2) is 79.7 Å². The molecule has 1 heterocycles. The van der Waals surface area contributed by atoms with Crippen molar-refractivity contribution < 1.29 is 35.1 Å². The second kappa shape index (κ2) is 15.3. The first kappa shape index (κ1) is 35.7. The number of hydrogen-bond donors (Lipinski definition) is 8. The van der Waals surface area contributed by atoms with E-state index in [-0.39, 0.29) is 29.5 Å². The van der Waals surface area contributed by atoms with Gasteiger partial charge in [-0.2, -0.15) is 0 Å². The van der Waals surface area contributed by atoms with Gasteiger partial charge in [0, 0.05) is 47.5 Å². The number of allylic oxidation sites excluding steroid dienone is 1. The van der Waals surface area contributed by atoms with Gasteiger partial charge in [0.1, 0.15) is 29.7 Å². The molecule has 5 rings (SSSR count). The van der Waals surface area contributed by atoms with E-state index in [1.807, 2.05) is 54.7 Å². The average Bonchev–Trinajstić information content (AvgIpc) is 4.03. The molecule has 2 saturated carbocycles. The summed E-state index contributed by atoms with van der Waals surface area (Å²) in [5.41, 5.74) is 7.38. The van der Waals surface area contributed by atoms with E-state index in [0.29, 0.717) is 6.54 Å². The van der Waals surface area contributed by atoms with Gasteiger partial charge in [0.15, 0.2) is 0 Å². The van der Waals surface area contributed by atoms with Crippen molar-refractivity contribution in [3.8, 4) is 16.9 Å². The Balaban J connectivity index is 1.35. The maximum absolute atomic E-state index is 11.4. The number of amides is 2. The lowest BCUT2D eigenvalue weighted by Gasteiger charge is -2.39. The summed E-state index contributed by atoms with van der Waals surface area (Å²) in [7, 11) is 0. The Morgan fingerprint density at radius 1 is 1.10 bits per heavy atom. The van der Waals surface area contributed by atoms with Crippen LogP contribution in [0.3, 0.4) is 0 Å². The van der Waals surface area contributed by atoms with Crippen molar-refractivity contribution in [2.75, 3.05) is 13.2 Å². The van der Waals surface area contributed by atoms with E-state index < -0.39 is 49.0 Å². The molecule has 0 saturated heterocycles. The number of ether oxygens (including phenoxy) is 1. The highest BCUT2D eigenvalue weighted by molar-refractivity contribution is 6.30. The van der Waals surface area contributed by atoms with Crippen LogP contribution in [-0.2, 0) is 12.1 Å². The number of rotatable bonds is 18. The molecule has 0 radical (unpaired) electrons. The molecule has 258 valence electrons. The second-order valence-electron chi connectivity index (χ2n) is 12.9. The summed E-state index contributed by atoms with van der Waals surface area (Å²) in [5, 5.41) is 59.1. The third-order valence-electron chi connectivity index (χ3n) is 9.45. The predicted molar refractivity (Wildman–Crippen MR) is 182 cm³/mol. The molecule has 12 heteroatoms. The van der Waals surface area contributed by atoms with Crippen LogP contribution in [0.5, 0.6) is 5.75 Å². The second-order valence-corrected chi connectivity index (χ2v) is 13.3. The molecule has 5 atom stereocenters. The fourth-order valence-corrected chi connectivity index (χ4v) is 6.54. The third kappa shape index (κ3) is 8.18. The van der Waals surface area contributed by atoms with E-state index in [1.54, 1.807) is 6.20 Å². The summed E-state index contributed by atoms with van der Waals surface area (Å²) in [6, 6.07) is 16.9. The van der Waals surface area contributed by atoms with Crippen LogP contribution < -0.4 is 21.1 Å². The SMILES string of the molecule is C=C(Cl)C(CC[C@@](O)([C@H](O)CO)[C@H](O)[C@@H](O)CNC(N)=O)c1ccccc1CNC1(c2cnccc2-c2ccccc2OC2CC2)CC1. The number of nitrogens with zero attached hydrogens (tertiary/aromatic N) is 1. The predicted octanol–water partition coefficient (Wildman–Crippen LogP) is 3.16. The number of hydrogen-bond acceptors (Lipinski definition) is 9. The minimum Gasteiger partial charge on any atom is -0.490 e. The zero-order valence-electron chi connectivity index (χ0n) is 26.8. The third-order valence-corrected chi connectivity index (χ3v) is 9.72. The number of benzene rings is 2. The van der Waals surface area contributed by atoms with Gasteiger partial charge in [-0.25, -0.2) is 4.79 Å². The van der Waals surface area contributed by atoms with Gasteiger partial charge in [-0.1, -0.05) is 60.6 Å². The highest BCUT2D eigenvalue weighted by Crippen LogP contribution is 2.50. The summed E-state index contributed by atoms with van der Waals surface area (Å²) in [6.07, 6.45) is 2.37. The van der Waals surface area contributed by atoms with Crippen molar-refractivity contribution in [1.29, 1.82) is 0 Å². The Hall–Kier alpha value is -3.55. The van der Waals surface area contributed by atoms with Crippen molar-refractivity contribution in [1.82, 2.24) is 15.6 Å². The largest absolute Gasteiger partial charge is 0.490 e. The van der Waals surface area contributed by atoms with Crippen LogP contribution >= 0.6 is 11.6 Å². The molecule has 9 N–H and O–H groups in total. The first-order valence-corrected chi connectivity index (χ1v) is 16.6. The van der Waals surface area contributed by atoms with E-state index >= 15 is 0 Å². The van der Waals surface area contributed by atoms with Gasteiger partial charge >= 0.3 is 6.03 Å². The zero-order valence-corrected chi connectivity index (χ0v) is 27.5. The molecule has 2 aromatic carbocycles. The van der Waals surface area contributed by atoms with Crippen LogP contribution in [0, 0.1) is 0 Å². The minimum atomic E-state index is -2.35. The summed E-state index contributed by atoms with van der Waals surface area (Å²) < 4.78 is 6.25. The van der Waals surface area contributed by atoms with E-state index in [9.17, 15) is 30.3 Å². The van der Waals surface area contributed by atoms with E-state index in [4.69, 9.17) is 22.1 Å². The van der Waals surface area contributed by atoms with Gasteiger partial charge in [0.25, 0.3) is 0 Å². The number of halogens is 1. The van der Waals surface area contributed by atoms with Crippen molar-refractivity contribution in [2.24, 2.45) is 5.73 Å². The lowest BCUT2D eigenvalue weighted by molar-refractivity contribution is -0.188. The maximum atomic E-state index is 11.4. The molecule has 2 amide bonds. The minimum absolute atomic E-state index is 0.107. The fraction of sp³-hybridized carbons (Fsp3) is 0.444. The normalized spacial score (nSPS) is 19.0. The highest BCUT2D eigenvalue weighted by atomic mass is 35.5. The number of para-hydroxylation sites is 1. The summed E-state index contributed by atoms with van der Waals surface area (Å²) in [6.45, 7) is 3.10. The molecule has 11 nitrogen and oxygen atoms in total. The molecule has 0 bridgehead atoms. The molecule has 0 spiro atoms. The number of carbonyl (C=O) groups excluding carboxylic acids is 1. The Kier molecular flexibility index (Phi) is 11.4. The van der Waals surface area contributed by atoms with Gasteiger partial charge < -0.3 is 46.6 Å². The number of aromatic nitrogens is 1. The number of aliphatic hydroxyl groups excluding tert-OH is 4. The quantitative estimate of drug-likeness (QED) is 0.0998. The van der Waals surface area contributed by atoms with Gasteiger partial charge in [-0.3, -0.25) is 4.98 Å². The topological polar surface area (TPSA) is 190 Å². The summed E-state index contributed by atoms with van der Waals surface area (Å²) in [5.74, 6) is 0.343. The maximum Gasteiger partial charge on any atom is 0.312 e. The van der Waals surface area contributed by atoms with Crippen molar-refractivity contribution >= 4 is 17.6 Å². The molecule has 48 heavy (non-hydrogen) atoms. The Morgan fingerprint density at radius 2 is 1.81 bits per heavy atom. The molecule has 2 fully saturated rings. The molecule has 2 aliphatic rings. The number of nitrogens with two attached hydrogens (primary N) is 1. The number of pyridine rings is 1. The molecule has 1 aromatic heterocycles. The highest BCUT2D eigenvalue weighted by Gasteiger charge is 2.47. The Morgan fingerprint density at radius 3 is 2.48 bits per heavy atom. The zero-order chi connectivity index (χ0) is 34.5. The van der Waals surface area contributed by atoms with E-state index in [2.05, 4.69) is 28.3 Å². The monoisotopic (exact) mass is 680 g/mol. The molecule has 3 aromatic rings. The van der Waals surface area contributed by atoms with Crippen LogP contribution in [0.25, 0.3) is 11.1 Å². The lowest BCUT2D eigenvalue weighted by Crippen LogP contribution is -2.60. The van der Waals surface area contributed by atoms with Crippen molar-refractivity contribution in [2.45, 2.75) is 86.5 Å². The van der Waals surface area contributed by atoms with Gasteiger partial charge in [0.05, 0.1) is 12.7 Å². The fourth-order valence-electron chi connectivity index (χ4n) is 6.31. The van der Waals surface area contributed by atoms with Crippen LogP contribution in [0.15, 0.2) is 78.6 Å². The first-order valence-electron chi connectivity index (χ1n) is 16.3. The van der Waals surface area contributed by atoms with Crippen molar-refractivity contribution in [3.05, 3.63) is 95.3 Å². The summed E-state index contributed by atoms with van der Waals surface area (Å²) in [4.78, 5) is 15.6. The molecular formula is C36H45ClN4O7. The lowest BCUT2D eigenvalue weighted by atomic mass is 9.79. The van der Waals surface area contributed by atoms with Crippen LogP contribution in [0.2, 0.25) is 0 Å². The number of nitrogens with one attached hydrogen (secondary N) is 2. The van der Waals surface area contributed by atoms with Crippen LogP contribution in [0.1, 0.15) is 61.1 Å². The van der Waals surface area contributed by atoms with Crippen LogP contribution in [0.4, 0.5) is 4.79 Å². The molecule has 1 unspecified atom stereocenters. The standard InChI is InChI=1S/C36H45ClN4O7/c1-22(37)25(12-14-36(47,32(44)21-42)33(45)30(43)20-40-34(38)46)26-7-3-2-6-23(26)18-41-35(15-16-35)29-19-39-17-13-27(29)28-8-4-5-9-31(28)48-24-10-11-24/h2-9,13,17,19,24-25,30,32-33,41-45,47H,1,10-12,14-16,18,20-21H2,(H3,38,40,46)/t25?,30-,32+,33+,36+/m0/s1. The number of carbonyl (C=O) groups is 1.